The molecule has 0 N–H and O–H groups in total. The van der Waals surface area contributed by atoms with E-state index in [2.05, 4.69) is 45.9 Å². The number of halogens is 1. The first kappa shape index (κ1) is 10.6. The summed E-state index contributed by atoms with van der Waals surface area (Å²) in [5.41, 5.74) is 2.09. The highest BCUT2D eigenvalue weighted by atomic mass is 79.9. The van der Waals surface area contributed by atoms with Crippen LogP contribution in [0.15, 0.2) is 16.7 Å². The van der Waals surface area contributed by atoms with Crippen LogP contribution in [0.2, 0.25) is 0 Å². The van der Waals surface area contributed by atoms with Gasteiger partial charge in [-0.2, -0.15) is 5.10 Å². The molecule has 2 aromatic rings. The predicted octanol–water partition coefficient (Wildman–Crippen LogP) is 2.93. The van der Waals surface area contributed by atoms with E-state index in [0.29, 0.717) is 5.92 Å². The first-order valence-electron chi connectivity index (χ1n) is 5.05. The molecule has 0 radical (unpaired) electrons. The van der Waals surface area contributed by atoms with Crippen LogP contribution in [0.1, 0.15) is 19.5 Å². The second-order valence-electron chi connectivity index (χ2n) is 4.19. The van der Waals surface area contributed by atoms with Crippen LogP contribution in [0.4, 0.5) is 0 Å². The first-order valence-corrected chi connectivity index (χ1v) is 5.84. The summed E-state index contributed by atoms with van der Waals surface area (Å²) in [6.07, 6.45) is 2.82. The number of aromatic nitrogens is 3. The van der Waals surface area contributed by atoms with Gasteiger partial charge in [-0.25, -0.2) is 4.98 Å². The lowest BCUT2D eigenvalue weighted by molar-refractivity contribution is 0.599. The lowest BCUT2D eigenvalue weighted by Crippen LogP contribution is -2.02. The lowest BCUT2D eigenvalue weighted by atomic mass is 10.1. The Morgan fingerprint density at radius 2 is 2.20 bits per heavy atom. The van der Waals surface area contributed by atoms with Gasteiger partial charge in [0, 0.05) is 28.8 Å². The van der Waals surface area contributed by atoms with Gasteiger partial charge in [-0.05, 0) is 34.3 Å². The summed E-state index contributed by atoms with van der Waals surface area (Å²) >= 11 is 3.44. The van der Waals surface area contributed by atoms with E-state index in [0.717, 1.165) is 21.9 Å². The largest absolute Gasteiger partial charge is 0.270 e. The standard InChI is InChI=1S/C11H14BrN3/c1-7(2)4-10-9-5-8(12)6-13-11(9)14-15(10)3/h5-7H,4H2,1-3H3. The topological polar surface area (TPSA) is 30.7 Å². The van der Waals surface area contributed by atoms with Gasteiger partial charge >= 0.3 is 0 Å². The number of hydrogen-bond acceptors (Lipinski definition) is 2. The Labute approximate surface area is 97.6 Å². The highest BCUT2D eigenvalue weighted by Gasteiger charge is 2.11. The summed E-state index contributed by atoms with van der Waals surface area (Å²) in [6.45, 7) is 4.43. The van der Waals surface area contributed by atoms with Crippen molar-refractivity contribution in [3.8, 4) is 0 Å². The van der Waals surface area contributed by atoms with Gasteiger partial charge < -0.3 is 0 Å². The van der Waals surface area contributed by atoms with Crippen LogP contribution in [0.25, 0.3) is 11.0 Å². The van der Waals surface area contributed by atoms with Crippen molar-refractivity contribution in [2.45, 2.75) is 20.3 Å². The summed E-state index contributed by atoms with van der Waals surface area (Å²) in [5.74, 6) is 0.627. The molecule has 0 aliphatic heterocycles. The number of hydrogen-bond donors (Lipinski definition) is 0. The molecular formula is C11H14BrN3. The summed E-state index contributed by atoms with van der Waals surface area (Å²) < 4.78 is 2.94. The Hall–Kier alpha value is -0.900. The highest BCUT2D eigenvalue weighted by molar-refractivity contribution is 9.10. The maximum Gasteiger partial charge on any atom is 0.181 e. The van der Waals surface area contributed by atoms with Crippen LogP contribution in [0.5, 0.6) is 0 Å². The van der Waals surface area contributed by atoms with Crippen molar-refractivity contribution in [2.24, 2.45) is 13.0 Å². The number of nitrogens with zero attached hydrogens (tertiary/aromatic N) is 3. The van der Waals surface area contributed by atoms with E-state index in [1.165, 1.54) is 5.69 Å². The Morgan fingerprint density at radius 3 is 2.87 bits per heavy atom. The molecule has 0 spiro atoms. The molecule has 4 heteroatoms. The molecule has 2 aromatic heterocycles. The summed E-state index contributed by atoms with van der Waals surface area (Å²) in [5, 5.41) is 5.55. The van der Waals surface area contributed by atoms with Crippen molar-refractivity contribution in [3.05, 3.63) is 22.4 Å². The van der Waals surface area contributed by atoms with Gasteiger partial charge in [0.1, 0.15) is 0 Å². The first-order chi connectivity index (χ1) is 7.08. The van der Waals surface area contributed by atoms with Gasteiger partial charge in [-0.15, -0.1) is 0 Å². The molecule has 3 nitrogen and oxygen atoms in total. The van der Waals surface area contributed by atoms with Crippen molar-refractivity contribution in [3.63, 3.8) is 0 Å². The van der Waals surface area contributed by atoms with Gasteiger partial charge in [0.2, 0.25) is 0 Å². The van der Waals surface area contributed by atoms with Gasteiger partial charge in [0.05, 0.1) is 0 Å². The van der Waals surface area contributed by atoms with Crippen LogP contribution in [0.3, 0.4) is 0 Å². The third-order valence-electron chi connectivity index (χ3n) is 2.38. The van der Waals surface area contributed by atoms with E-state index in [1.807, 2.05) is 11.7 Å². The molecule has 0 amide bonds. The number of rotatable bonds is 2. The van der Waals surface area contributed by atoms with E-state index in [1.54, 1.807) is 6.20 Å². The molecule has 0 unspecified atom stereocenters. The molecule has 2 rings (SSSR count). The highest BCUT2D eigenvalue weighted by Crippen LogP contribution is 2.22. The van der Waals surface area contributed by atoms with Crippen molar-refractivity contribution < 1.29 is 0 Å². The third kappa shape index (κ3) is 2.04. The summed E-state index contributed by atoms with van der Waals surface area (Å²) in [7, 11) is 1.98. The minimum absolute atomic E-state index is 0.627. The fourth-order valence-electron chi connectivity index (χ4n) is 1.73. The molecule has 2 heterocycles. The summed E-state index contributed by atoms with van der Waals surface area (Å²) in [6, 6.07) is 2.09. The van der Waals surface area contributed by atoms with Gasteiger partial charge in [-0.1, -0.05) is 13.8 Å². The number of aryl methyl sites for hydroxylation is 1. The second-order valence-corrected chi connectivity index (χ2v) is 5.11. The molecule has 0 aliphatic rings. The van der Waals surface area contributed by atoms with E-state index >= 15 is 0 Å². The Balaban J connectivity index is 2.60. The Kier molecular flexibility index (Phi) is 2.78. The van der Waals surface area contributed by atoms with Crippen LogP contribution in [-0.4, -0.2) is 14.8 Å². The fraction of sp³-hybridized carbons (Fsp3) is 0.455. The molecule has 0 fully saturated rings. The Bertz CT molecular complexity index is 488. The van der Waals surface area contributed by atoms with Gasteiger partial charge in [-0.3, -0.25) is 4.68 Å². The van der Waals surface area contributed by atoms with Crippen LogP contribution in [-0.2, 0) is 13.5 Å². The van der Waals surface area contributed by atoms with E-state index in [4.69, 9.17) is 0 Å². The van der Waals surface area contributed by atoms with E-state index in [9.17, 15) is 0 Å². The minimum atomic E-state index is 0.627. The van der Waals surface area contributed by atoms with Crippen molar-refractivity contribution >= 4 is 27.0 Å². The molecular weight excluding hydrogens is 254 g/mol. The zero-order valence-electron chi connectivity index (χ0n) is 9.16. The zero-order chi connectivity index (χ0) is 11.0. The monoisotopic (exact) mass is 267 g/mol. The van der Waals surface area contributed by atoms with Crippen LogP contribution in [0, 0.1) is 5.92 Å². The second kappa shape index (κ2) is 3.93. The average molecular weight is 268 g/mol. The van der Waals surface area contributed by atoms with Crippen molar-refractivity contribution in [2.75, 3.05) is 0 Å². The fourth-order valence-corrected chi connectivity index (χ4v) is 2.06. The van der Waals surface area contributed by atoms with E-state index in [-0.39, 0.29) is 0 Å². The maximum atomic E-state index is 4.39. The molecule has 0 atom stereocenters. The number of pyridine rings is 1. The molecule has 0 saturated heterocycles. The Morgan fingerprint density at radius 1 is 1.47 bits per heavy atom. The molecule has 0 aromatic carbocycles. The zero-order valence-corrected chi connectivity index (χ0v) is 10.7. The summed E-state index contributed by atoms with van der Waals surface area (Å²) in [4.78, 5) is 4.29. The minimum Gasteiger partial charge on any atom is -0.270 e. The van der Waals surface area contributed by atoms with E-state index < -0.39 is 0 Å². The third-order valence-corrected chi connectivity index (χ3v) is 2.81. The van der Waals surface area contributed by atoms with Gasteiger partial charge in [0.25, 0.3) is 0 Å². The van der Waals surface area contributed by atoms with Crippen molar-refractivity contribution in [1.82, 2.24) is 14.8 Å². The molecule has 0 saturated carbocycles. The predicted molar refractivity (Wildman–Crippen MR) is 64.8 cm³/mol. The average Bonchev–Trinajstić information content (AvgIpc) is 2.43. The molecule has 15 heavy (non-hydrogen) atoms. The molecule has 0 bridgehead atoms. The quantitative estimate of drug-likeness (QED) is 0.838. The maximum absolute atomic E-state index is 4.39. The lowest BCUT2D eigenvalue weighted by Gasteiger charge is -2.05. The smallest absolute Gasteiger partial charge is 0.181 e. The molecule has 0 aliphatic carbocycles. The van der Waals surface area contributed by atoms with Gasteiger partial charge in [0.15, 0.2) is 5.65 Å². The SMILES string of the molecule is CC(C)Cc1c2cc(Br)cnc2nn1C. The van der Waals surface area contributed by atoms with Crippen molar-refractivity contribution in [1.29, 1.82) is 0 Å². The normalized spacial score (nSPS) is 11.5. The number of fused-ring (bicyclic) bond motifs is 1. The molecule has 80 valence electrons. The van der Waals surface area contributed by atoms with Crippen LogP contribution < -0.4 is 0 Å². The van der Waals surface area contributed by atoms with Crippen LogP contribution >= 0.6 is 15.9 Å².